The second kappa shape index (κ2) is 4.58. The number of amides is 1. The molecule has 1 saturated carbocycles. The Morgan fingerprint density at radius 2 is 2.35 bits per heavy atom. The van der Waals surface area contributed by atoms with Gasteiger partial charge in [0.15, 0.2) is 0 Å². The molecule has 2 atom stereocenters. The zero-order valence-corrected chi connectivity index (χ0v) is 10.5. The summed E-state index contributed by atoms with van der Waals surface area (Å²) in [7, 11) is 0. The minimum atomic E-state index is 0.344. The lowest BCUT2D eigenvalue weighted by molar-refractivity contribution is -0.127. The summed E-state index contributed by atoms with van der Waals surface area (Å²) in [6, 6.07) is 0.678. The average Bonchev–Trinajstić information content (AvgIpc) is 2.94. The Labute approximate surface area is 103 Å². The van der Waals surface area contributed by atoms with Gasteiger partial charge in [-0.3, -0.25) is 4.79 Å². The lowest BCUT2D eigenvalue weighted by Crippen LogP contribution is -2.52. The van der Waals surface area contributed by atoms with Crippen molar-refractivity contribution in [1.29, 1.82) is 0 Å². The normalized spacial score (nSPS) is 36.8. The van der Waals surface area contributed by atoms with Crippen molar-refractivity contribution < 1.29 is 4.79 Å². The molecule has 2 saturated heterocycles. The summed E-state index contributed by atoms with van der Waals surface area (Å²) < 4.78 is 0. The molecule has 0 bridgehead atoms. The molecule has 1 amide bonds. The molecule has 2 unspecified atom stereocenters. The van der Waals surface area contributed by atoms with Crippen LogP contribution in [0.25, 0.3) is 0 Å². The Morgan fingerprint density at radius 3 is 3.18 bits per heavy atom. The molecule has 2 N–H and O–H groups in total. The number of rotatable bonds is 4. The third-order valence-corrected chi connectivity index (χ3v) is 4.77. The van der Waals surface area contributed by atoms with E-state index in [-0.39, 0.29) is 0 Å². The maximum Gasteiger partial charge on any atom is 0.222 e. The Bertz CT molecular complexity index is 295. The van der Waals surface area contributed by atoms with Gasteiger partial charge in [0.25, 0.3) is 0 Å². The summed E-state index contributed by atoms with van der Waals surface area (Å²) in [5, 5.41) is 7.35. The Hall–Kier alpha value is -0.610. The van der Waals surface area contributed by atoms with Crippen LogP contribution in [0.4, 0.5) is 0 Å². The predicted molar refractivity (Wildman–Crippen MR) is 66.8 cm³/mol. The number of fused-ring (bicyclic) bond motifs is 1. The largest absolute Gasteiger partial charge is 0.341 e. The smallest absolute Gasteiger partial charge is 0.222 e. The van der Waals surface area contributed by atoms with Crippen molar-refractivity contribution in [3.63, 3.8) is 0 Å². The Kier molecular flexibility index (Phi) is 3.09. The fourth-order valence-electron chi connectivity index (χ4n) is 3.82. The number of nitrogens with zero attached hydrogens (tertiary/aromatic N) is 1. The Morgan fingerprint density at radius 1 is 1.41 bits per heavy atom. The number of carbonyl (C=O) groups excluding carboxylic acids is 1. The third-order valence-electron chi connectivity index (χ3n) is 4.77. The van der Waals surface area contributed by atoms with Gasteiger partial charge in [0.2, 0.25) is 5.91 Å². The highest BCUT2D eigenvalue weighted by Crippen LogP contribution is 2.36. The molecular formula is C13H23N3O. The zero-order chi connectivity index (χ0) is 11.7. The molecular weight excluding hydrogens is 214 g/mol. The number of hydrogen-bond acceptors (Lipinski definition) is 3. The molecule has 2 aliphatic heterocycles. The van der Waals surface area contributed by atoms with E-state index in [0.29, 0.717) is 17.5 Å². The first-order valence-corrected chi connectivity index (χ1v) is 7.06. The third kappa shape index (κ3) is 2.08. The second-order valence-corrected chi connectivity index (χ2v) is 5.72. The van der Waals surface area contributed by atoms with Crippen LogP contribution in [0.15, 0.2) is 0 Å². The van der Waals surface area contributed by atoms with Crippen LogP contribution in [0.3, 0.4) is 0 Å². The fraction of sp³-hybridized carbons (Fsp3) is 0.923. The first-order valence-electron chi connectivity index (χ1n) is 7.06. The van der Waals surface area contributed by atoms with Crippen LogP contribution >= 0.6 is 0 Å². The van der Waals surface area contributed by atoms with Gasteiger partial charge in [0.1, 0.15) is 0 Å². The van der Waals surface area contributed by atoms with Crippen molar-refractivity contribution in [3.05, 3.63) is 0 Å². The van der Waals surface area contributed by atoms with Crippen molar-refractivity contribution in [3.8, 4) is 0 Å². The van der Waals surface area contributed by atoms with Gasteiger partial charge in [-0.05, 0) is 38.6 Å². The highest BCUT2D eigenvalue weighted by atomic mass is 16.2. The van der Waals surface area contributed by atoms with Crippen molar-refractivity contribution in [2.24, 2.45) is 0 Å². The van der Waals surface area contributed by atoms with Gasteiger partial charge in [0, 0.05) is 37.6 Å². The molecule has 0 aromatic rings. The van der Waals surface area contributed by atoms with E-state index in [9.17, 15) is 4.79 Å². The number of hydrogen-bond donors (Lipinski definition) is 2. The first kappa shape index (κ1) is 11.5. The summed E-state index contributed by atoms with van der Waals surface area (Å²) in [5.41, 5.74) is 0.350. The van der Waals surface area contributed by atoms with Gasteiger partial charge >= 0.3 is 0 Å². The molecule has 2 heterocycles. The fourth-order valence-corrected chi connectivity index (χ4v) is 3.82. The molecule has 0 radical (unpaired) electrons. The monoisotopic (exact) mass is 237 g/mol. The van der Waals surface area contributed by atoms with Crippen LogP contribution in [-0.2, 0) is 4.79 Å². The minimum absolute atomic E-state index is 0.344. The van der Waals surface area contributed by atoms with Crippen LogP contribution in [0.5, 0.6) is 0 Å². The summed E-state index contributed by atoms with van der Waals surface area (Å²) in [4.78, 5) is 13.5. The highest BCUT2D eigenvalue weighted by molar-refractivity contribution is 5.78. The summed E-state index contributed by atoms with van der Waals surface area (Å²) in [6.45, 7) is 3.98. The molecule has 3 rings (SSSR count). The molecule has 96 valence electrons. The van der Waals surface area contributed by atoms with E-state index in [4.69, 9.17) is 0 Å². The molecule has 17 heavy (non-hydrogen) atoms. The maximum absolute atomic E-state index is 11.5. The molecule has 0 aromatic carbocycles. The molecule has 3 aliphatic rings. The van der Waals surface area contributed by atoms with E-state index in [0.717, 1.165) is 39.0 Å². The summed E-state index contributed by atoms with van der Waals surface area (Å²) in [6.07, 6.45) is 7.02. The zero-order valence-electron chi connectivity index (χ0n) is 10.5. The van der Waals surface area contributed by atoms with Crippen molar-refractivity contribution in [2.45, 2.75) is 50.1 Å². The number of likely N-dealkylation sites (tertiary alicyclic amines) is 1. The minimum Gasteiger partial charge on any atom is -0.341 e. The molecule has 1 aliphatic carbocycles. The van der Waals surface area contributed by atoms with Gasteiger partial charge in [-0.2, -0.15) is 0 Å². The van der Waals surface area contributed by atoms with Gasteiger partial charge in [0.05, 0.1) is 0 Å². The summed E-state index contributed by atoms with van der Waals surface area (Å²) >= 11 is 0. The maximum atomic E-state index is 11.5. The van der Waals surface area contributed by atoms with Gasteiger partial charge in [-0.15, -0.1) is 0 Å². The second-order valence-electron chi connectivity index (χ2n) is 5.72. The summed E-state index contributed by atoms with van der Waals surface area (Å²) in [5.74, 6) is 0.344. The SMILES string of the molecule is O=C1CCCN1CCNC12CCCC1NCC2. The quantitative estimate of drug-likeness (QED) is 0.747. The molecule has 0 aromatic heterocycles. The van der Waals surface area contributed by atoms with Crippen LogP contribution in [-0.4, -0.2) is 48.6 Å². The first-order chi connectivity index (χ1) is 8.30. The molecule has 3 fully saturated rings. The molecule has 0 spiro atoms. The van der Waals surface area contributed by atoms with E-state index >= 15 is 0 Å². The molecule has 4 nitrogen and oxygen atoms in total. The lowest BCUT2D eigenvalue weighted by atomic mass is 9.93. The van der Waals surface area contributed by atoms with E-state index in [2.05, 4.69) is 10.6 Å². The lowest BCUT2D eigenvalue weighted by Gasteiger charge is -2.31. The number of nitrogens with one attached hydrogen (secondary N) is 2. The van der Waals surface area contributed by atoms with E-state index in [1.54, 1.807) is 0 Å². The van der Waals surface area contributed by atoms with Gasteiger partial charge in [-0.1, -0.05) is 0 Å². The van der Waals surface area contributed by atoms with Gasteiger partial charge < -0.3 is 15.5 Å². The standard InChI is InChI=1S/C13H23N3O/c17-12-4-2-9-16(12)10-8-15-13-5-1-3-11(13)14-7-6-13/h11,14-15H,1-10H2. The van der Waals surface area contributed by atoms with E-state index in [1.807, 2.05) is 4.90 Å². The van der Waals surface area contributed by atoms with Crippen molar-refractivity contribution in [2.75, 3.05) is 26.2 Å². The highest BCUT2D eigenvalue weighted by Gasteiger charge is 2.45. The van der Waals surface area contributed by atoms with Crippen LogP contribution in [0, 0.1) is 0 Å². The Balaban J connectivity index is 1.49. The molecule has 4 heteroatoms. The van der Waals surface area contributed by atoms with Crippen LogP contribution in [0.1, 0.15) is 38.5 Å². The number of carbonyl (C=O) groups is 1. The predicted octanol–water partition coefficient (Wildman–Crippen LogP) is 0.483. The van der Waals surface area contributed by atoms with Crippen LogP contribution < -0.4 is 10.6 Å². The van der Waals surface area contributed by atoms with Crippen molar-refractivity contribution in [1.82, 2.24) is 15.5 Å². The average molecular weight is 237 g/mol. The van der Waals surface area contributed by atoms with Crippen molar-refractivity contribution >= 4 is 5.91 Å². The van der Waals surface area contributed by atoms with E-state index in [1.165, 1.54) is 25.7 Å². The topological polar surface area (TPSA) is 44.4 Å². The van der Waals surface area contributed by atoms with Crippen LogP contribution in [0.2, 0.25) is 0 Å². The van der Waals surface area contributed by atoms with Gasteiger partial charge in [-0.25, -0.2) is 0 Å². The van der Waals surface area contributed by atoms with E-state index < -0.39 is 0 Å².